The molecule has 134 valence electrons. The molecule has 0 unspecified atom stereocenters. The fourth-order valence-electron chi connectivity index (χ4n) is 3.93. The van der Waals surface area contributed by atoms with E-state index in [1.807, 2.05) is 36.4 Å². The van der Waals surface area contributed by atoms with Crippen molar-refractivity contribution in [1.82, 2.24) is 5.01 Å². The highest BCUT2D eigenvalue weighted by atomic mass is 16.5. The van der Waals surface area contributed by atoms with Gasteiger partial charge >= 0.3 is 6.03 Å². The molecule has 0 fully saturated rings. The summed E-state index contributed by atoms with van der Waals surface area (Å²) < 4.78 is 10.6. The van der Waals surface area contributed by atoms with Crippen molar-refractivity contribution >= 4 is 11.7 Å². The van der Waals surface area contributed by atoms with Gasteiger partial charge in [0.2, 0.25) is 0 Å². The van der Waals surface area contributed by atoms with E-state index >= 15 is 0 Å². The minimum Gasteiger partial charge on any atom is -0.497 e. The van der Waals surface area contributed by atoms with Gasteiger partial charge in [0.1, 0.15) is 11.5 Å². The third-order valence-electron chi connectivity index (χ3n) is 5.21. The third-order valence-corrected chi connectivity index (χ3v) is 5.21. The number of rotatable bonds is 3. The van der Waals surface area contributed by atoms with Crippen molar-refractivity contribution in [1.29, 1.82) is 0 Å². The zero-order chi connectivity index (χ0) is 18.3. The van der Waals surface area contributed by atoms with E-state index in [4.69, 9.17) is 15.2 Å². The number of hydrogen-bond donors (Lipinski definition) is 1. The molecule has 0 saturated carbocycles. The molecule has 1 aliphatic heterocycles. The van der Waals surface area contributed by atoms with Crippen LogP contribution in [0.2, 0.25) is 0 Å². The first kappa shape index (κ1) is 16.4. The predicted molar refractivity (Wildman–Crippen MR) is 98.5 cm³/mol. The lowest BCUT2D eigenvalue weighted by molar-refractivity contribution is 0.184. The largest absolute Gasteiger partial charge is 0.497 e. The van der Waals surface area contributed by atoms with Crippen LogP contribution in [0.3, 0.4) is 0 Å². The summed E-state index contributed by atoms with van der Waals surface area (Å²) in [6, 6.07) is 13.0. The van der Waals surface area contributed by atoms with E-state index in [1.165, 1.54) is 10.6 Å². The van der Waals surface area contributed by atoms with Gasteiger partial charge in [-0.1, -0.05) is 18.2 Å². The van der Waals surface area contributed by atoms with Crippen LogP contribution in [0, 0.1) is 5.92 Å². The van der Waals surface area contributed by atoms with Gasteiger partial charge in [-0.3, -0.25) is 0 Å². The summed E-state index contributed by atoms with van der Waals surface area (Å²) in [5.41, 5.74) is 9.82. The Morgan fingerprint density at radius 1 is 1.12 bits per heavy atom. The molecule has 0 radical (unpaired) electrons. The van der Waals surface area contributed by atoms with Gasteiger partial charge in [-0.05, 0) is 48.2 Å². The number of urea groups is 1. The molecule has 0 saturated heterocycles. The van der Waals surface area contributed by atoms with E-state index in [9.17, 15) is 4.79 Å². The molecular weight excluding hydrogens is 330 g/mol. The van der Waals surface area contributed by atoms with Crippen molar-refractivity contribution in [3.8, 4) is 11.5 Å². The molecule has 2 aromatic rings. The van der Waals surface area contributed by atoms with Crippen LogP contribution in [-0.2, 0) is 6.42 Å². The van der Waals surface area contributed by atoms with Crippen LogP contribution in [0.1, 0.15) is 29.2 Å². The number of primary amides is 1. The zero-order valence-electron chi connectivity index (χ0n) is 14.8. The highest BCUT2D eigenvalue weighted by Gasteiger charge is 2.43. The Labute approximate surface area is 152 Å². The highest BCUT2D eigenvalue weighted by molar-refractivity contribution is 6.07. The van der Waals surface area contributed by atoms with E-state index in [0.29, 0.717) is 0 Å². The molecule has 4 rings (SSSR count). The fraction of sp³-hybridized carbons (Fsp3) is 0.300. The van der Waals surface area contributed by atoms with Gasteiger partial charge in [0.25, 0.3) is 0 Å². The maximum Gasteiger partial charge on any atom is 0.335 e. The first-order chi connectivity index (χ1) is 12.6. The second-order valence-electron chi connectivity index (χ2n) is 6.55. The summed E-state index contributed by atoms with van der Waals surface area (Å²) >= 11 is 0. The lowest BCUT2D eigenvalue weighted by atomic mass is 9.77. The summed E-state index contributed by atoms with van der Waals surface area (Å²) in [5, 5.41) is 6.03. The maximum atomic E-state index is 12.1. The zero-order valence-corrected chi connectivity index (χ0v) is 14.8. The number of nitrogens with zero attached hydrogens (tertiary/aromatic N) is 2. The van der Waals surface area contributed by atoms with Gasteiger partial charge in [0.05, 0.1) is 26.0 Å². The molecule has 6 heteroatoms. The molecular formula is C20H21N3O3. The minimum absolute atomic E-state index is 0.107. The van der Waals surface area contributed by atoms with Crippen LogP contribution >= 0.6 is 0 Å². The van der Waals surface area contributed by atoms with Crippen LogP contribution in [-0.4, -0.2) is 31.0 Å². The van der Waals surface area contributed by atoms with Crippen molar-refractivity contribution < 1.29 is 14.3 Å². The summed E-state index contributed by atoms with van der Waals surface area (Å²) in [6.07, 6.45) is 1.85. The van der Waals surface area contributed by atoms with Gasteiger partial charge in [0, 0.05) is 11.5 Å². The van der Waals surface area contributed by atoms with Crippen LogP contribution in [0.25, 0.3) is 0 Å². The Morgan fingerprint density at radius 3 is 2.46 bits per heavy atom. The molecule has 0 bridgehead atoms. The van der Waals surface area contributed by atoms with Gasteiger partial charge in [-0.2, -0.15) is 5.10 Å². The Morgan fingerprint density at radius 2 is 1.81 bits per heavy atom. The molecule has 2 aliphatic rings. The first-order valence-corrected chi connectivity index (χ1v) is 8.60. The standard InChI is InChI=1S/C20H21N3O3/c1-25-14-7-4-13(5-8-14)19-16-10-6-12-3-9-15(26-2)11-17(12)18(16)22-23(19)20(21)24/h3-5,7-9,11,16,19H,6,10H2,1-2H3,(H2,21,24)/t16-,19-/m0/s1. The van der Waals surface area contributed by atoms with E-state index in [-0.39, 0.29) is 12.0 Å². The molecule has 0 spiro atoms. The Balaban J connectivity index is 1.77. The number of nitrogens with two attached hydrogens (primary N) is 1. The Hall–Kier alpha value is -3.02. The minimum atomic E-state index is -0.544. The maximum absolute atomic E-state index is 12.1. The summed E-state index contributed by atoms with van der Waals surface area (Å²) in [6.45, 7) is 0. The van der Waals surface area contributed by atoms with Crippen LogP contribution < -0.4 is 15.2 Å². The number of carbonyl (C=O) groups excluding carboxylic acids is 1. The van der Waals surface area contributed by atoms with Crippen LogP contribution in [0.15, 0.2) is 47.6 Å². The number of ether oxygens (including phenoxy) is 2. The van der Waals surface area contributed by atoms with Crippen LogP contribution in [0.5, 0.6) is 11.5 Å². The van der Waals surface area contributed by atoms with Gasteiger partial charge in [0.15, 0.2) is 0 Å². The predicted octanol–water partition coefficient (Wildman–Crippen LogP) is 3.11. The number of benzene rings is 2. The fourth-order valence-corrected chi connectivity index (χ4v) is 3.93. The highest BCUT2D eigenvalue weighted by Crippen LogP contribution is 2.44. The van der Waals surface area contributed by atoms with Crippen LogP contribution in [0.4, 0.5) is 4.79 Å². The molecule has 0 aromatic heterocycles. The van der Waals surface area contributed by atoms with Gasteiger partial charge in [-0.25, -0.2) is 9.80 Å². The molecule has 1 aliphatic carbocycles. The second kappa shape index (κ2) is 6.37. The third kappa shape index (κ3) is 2.58. The lowest BCUT2D eigenvalue weighted by Gasteiger charge is -2.29. The number of hydrazone groups is 1. The second-order valence-corrected chi connectivity index (χ2v) is 6.55. The van der Waals surface area contributed by atoms with Crippen molar-refractivity contribution in [2.45, 2.75) is 18.9 Å². The molecule has 6 nitrogen and oxygen atoms in total. The summed E-state index contributed by atoms with van der Waals surface area (Å²) in [5.74, 6) is 1.67. The number of aryl methyl sites for hydroxylation is 1. The van der Waals surface area contributed by atoms with E-state index < -0.39 is 6.03 Å². The SMILES string of the molecule is COc1ccc([C@H]2[C@H]3CCc4ccc(OC)cc4C3=NN2C(N)=O)cc1. The number of fused-ring (bicyclic) bond motifs is 3. The number of carbonyl (C=O) groups is 1. The Kier molecular flexibility index (Phi) is 4.03. The normalized spacial score (nSPS) is 20.8. The van der Waals surface area contributed by atoms with Gasteiger partial charge < -0.3 is 15.2 Å². The molecule has 2 amide bonds. The van der Waals surface area contributed by atoms with E-state index in [1.54, 1.807) is 14.2 Å². The first-order valence-electron chi connectivity index (χ1n) is 8.60. The average Bonchev–Trinajstić information content (AvgIpc) is 3.08. The average molecular weight is 351 g/mol. The Bertz CT molecular complexity index is 876. The van der Waals surface area contributed by atoms with Crippen molar-refractivity contribution in [3.63, 3.8) is 0 Å². The number of amides is 2. The van der Waals surface area contributed by atoms with Gasteiger partial charge in [-0.15, -0.1) is 0 Å². The molecule has 2 aromatic carbocycles. The molecule has 2 atom stereocenters. The molecule has 2 N–H and O–H groups in total. The van der Waals surface area contributed by atoms with E-state index in [0.717, 1.165) is 41.2 Å². The number of hydrogen-bond acceptors (Lipinski definition) is 4. The smallest absolute Gasteiger partial charge is 0.335 e. The summed E-state index contributed by atoms with van der Waals surface area (Å²) in [7, 11) is 3.28. The molecule has 1 heterocycles. The van der Waals surface area contributed by atoms with Crippen molar-refractivity contribution in [3.05, 3.63) is 59.2 Å². The summed E-state index contributed by atoms with van der Waals surface area (Å²) in [4.78, 5) is 12.1. The van der Waals surface area contributed by atoms with Crippen molar-refractivity contribution in [2.75, 3.05) is 14.2 Å². The quantitative estimate of drug-likeness (QED) is 0.923. The lowest BCUT2D eigenvalue weighted by Crippen LogP contribution is -2.35. The monoisotopic (exact) mass is 351 g/mol. The molecule has 26 heavy (non-hydrogen) atoms. The van der Waals surface area contributed by atoms with Crippen molar-refractivity contribution in [2.24, 2.45) is 16.8 Å². The van der Waals surface area contributed by atoms with E-state index in [2.05, 4.69) is 11.2 Å². The topological polar surface area (TPSA) is 77.2 Å². The number of methoxy groups -OCH3 is 2.